The Morgan fingerprint density at radius 3 is 2.62 bits per heavy atom. The van der Waals surface area contributed by atoms with Gasteiger partial charge in [0.2, 0.25) is 0 Å². The lowest BCUT2D eigenvalue weighted by Gasteiger charge is -2.44. The highest BCUT2D eigenvalue weighted by atomic mass is 35.5. The van der Waals surface area contributed by atoms with Crippen molar-refractivity contribution < 1.29 is 9.84 Å². The van der Waals surface area contributed by atoms with Crippen LogP contribution in [0.5, 0.6) is 0 Å². The first-order chi connectivity index (χ1) is 10.1. The number of aliphatic hydroxyl groups is 1. The minimum atomic E-state index is -0.484. The van der Waals surface area contributed by atoms with Crippen LogP contribution in [0.15, 0.2) is 18.2 Å². The van der Waals surface area contributed by atoms with Crippen LogP contribution in [0.2, 0.25) is 10.0 Å². The lowest BCUT2D eigenvalue weighted by Crippen LogP contribution is -2.42. The van der Waals surface area contributed by atoms with Gasteiger partial charge in [-0.15, -0.1) is 0 Å². The molecule has 1 saturated carbocycles. The molecule has 3 rings (SSSR count). The molecule has 0 bridgehead atoms. The molecule has 116 valence electrons. The number of rotatable bonds is 2. The van der Waals surface area contributed by atoms with Gasteiger partial charge in [0, 0.05) is 6.61 Å². The van der Waals surface area contributed by atoms with Crippen molar-refractivity contribution >= 4 is 23.2 Å². The van der Waals surface area contributed by atoms with Crippen molar-refractivity contribution in [1.29, 1.82) is 0 Å². The Morgan fingerprint density at radius 1 is 1.14 bits per heavy atom. The number of aliphatic hydroxyl groups excluding tert-OH is 1. The van der Waals surface area contributed by atoms with E-state index in [-0.39, 0.29) is 11.5 Å². The van der Waals surface area contributed by atoms with E-state index in [2.05, 4.69) is 0 Å². The van der Waals surface area contributed by atoms with Crippen LogP contribution < -0.4 is 0 Å². The summed E-state index contributed by atoms with van der Waals surface area (Å²) in [6.45, 7) is 0.753. The topological polar surface area (TPSA) is 29.5 Å². The lowest BCUT2D eigenvalue weighted by molar-refractivity contribution is -0.134. The summed E-state index contributed by atoms with van der Waals surface area (Å²) in [6.07, 6.45) is 7.45. The van der Waals surface area contributed by atoms with E-state index in [1.165, 1.54) is 19.3 Å². The van der Waals surface area contributed by atoms with Gasteiger partial charge in [-0.25, -0.2) is 0 Å². The maximum atomic E-state index is 10.7. The van der Waals surface area contributed by atoms with Gasteiger partial charge in [-0.05, 0) is 49.3 Å². The summed E-state index contributed by atoms with van der Waals surface area (Å²) in [5, 5.41) is 11.8. The van der Waals surface area contributed by atoms with Gasteiger partial charge in [-0.2, -0.15) is 0 Å². The van der Waals surface area contributed by atoms with Crippen molar-refractivity contribution in [2.75, 3.05) is 6.61 Å². The summed E-state index contributed by atoms with van der Waals surface area (Å²) in [5.41, 5.74) is 0.875. The Morgan fingerprint density at radius 2 is 1.90 bits per heavy atom. The number of hydrogen-bond donors (Lipinski definition) is 1. The largest absolute Gasteiger partial charge is 0.388 e. The van der Waals surface area contributed by atoms with Crippen LogP contribution in [0.25, 0.3) is 0 Å². The molecule has 1 N–H and O–H groups in total. The fourth-order valence-corrected chi connectivity index (χ4v) is 4.15. The summed E-state index contributed by atoms with van der Waals surface area (Å²) in [6, 6.07) is 5.43. The van der Waals surface area contributed by atoms with E-state index in [1.54, 1.807) is 12.1 Å². The van der Waals surface area contributed by atoms with Gasteiger partial charge in [-0.3, -0.25) is 0 Å². The molecule has 2 unspecified atom stereocenters. The van der Waals surface area contributed by atoms with Crippen LogP contribution in [0.1, 0.15) is 56.6 Å². The Balaban J connectivity index is 1.74. The second-order valence-electron chi connectivity index (χ2n) is 6.46. The Kier molecular flexibility index (Phi) is 4.80. The molecule has 2 atom stereocenters. The van der Waals surface area contributed by atoms with E-state index in [0.717, 1.165) is 37.9 Å². The summed E-state index contributed by atoms with van der Waals surface area (Å²) >= 11 is 12.0. The van der Waals surface area contributed by atoms with E-state index < -0.39 is 6.10 Å². The molecular weight excluding hydrogens is 307 g/mol. The molecule has 1 aliphatic heterocycles. The number of ether oxygens (including phenoxy) is 1. The number of benzene rings is 1. The lowest BCUT2D eigenvalue weighted by atomic mass is 9.74. The predicted molar refractivity (Wildman–Crippen MR) is 85.9 cm³/mol. The van der Waals surface area contributed by atoms with Crippen molar-refractivity contribution in [2.24, 2.45) is 5.92 Å². The average molecular weight is 329 g/mol. The molecule has 1 aliphatic carbocycles. The minimum Gasteiger partial charge on any atom is -0.388 e. The second-order valence-corrected chi connectivity index (χ2v) is 7.28. The summed E-state index contributed by atoms with van der Waals surface area (Å²) < 4.78 is 6.11. The van der Waals surface area contributed by atoms with E-state index in [9.17, 15) is 5.11 Å². The quantitative estimate of drug-likeness (QED) is 0.812. The normalized spacial score (nSPS) is 26.7. The number of halogens is 2. The van der Waals surface area contributed by atoms with E-state index in [1.807, 2.05) is 6.07 Å². The maximum absolute atomic E-state index is 10.7. The third-order valence-corrected chi connectivity index (χ3v) is 5.77. The first-order valence-corrected chi connectivity index (χ1v) is 8.62. The molecule has 1 saturated heterocycles. The minimum absolute atomic E-state index is 0.0123. The van der Waals surface area contributed by atoms with Gasteiger partial charge >= 0.3 is 0 Å². The van der Waals surface area contributed by atoms with Gasteiger partial charge < -0.3 is 9.84 Å². The van der Waals surface area contributed by atoms with Crippen molar-refractivity contribution in [3.8, 4) is 0 Å². The third kappa shape index (κ3) is 3.39. The standard InChI is InChI=1S/C17H22Cl2O2/c18-14-5-4-12(10-15(14)19)16(20)13-6-9-21-17(11-13)7-2-1-3-8-17/h4-5,10,13,16,20H,1-3,6-9,11H2. The van der Waals surface area contributed by atoms with Gasteiger partial charge in [0.15, 0.2) is 0 Å². The van der Waals surface area contributed by atoms with Crippen LogP contribution in [0, 0.1) is 5.92 Å². The van der Waals surface area contributed by atoms with Crippen LogP contribution in [0.4, 0.5) is 0 Å². The van der Waals surface area contributed by atoms with Crippen molar-refractivity contribution in [2.45, 2.75) is 56.7 Å². The Labute approximate surface area is 136 Å². The van der Waals surface area contributed by atoms with E-state index in [0.29, 0.717) is 10.0 Å². The van der Waals surface area contributed by atoms with Gasteiger partial charge in [0.25, 0.3) is 0 Å². The van der Waals surface area contributed by atoms with Crippen molar-refractivity contribution in [1.82, 2.24) is 0 Å². The van der Waals surface area contributed by atoms with Crippen LogP contribution >= 0.6 is 23.2 Å². The Hall–Kier alpha value is -0.280. The molecule has 0 radical (unpaired) electrons. The van der Waals surface area contributed by atoms with Gasteiger partial charge in [0.1, 0.15) is 0 Å². The zero-order chi connectivity index (χ0) is 14.9. The third-order valence-electron chi connectivity index (χ3n) is 5.03. The fraction of sp³-hybridized carbons (Fsp3) is 0.647. The fourth-order valence-electron chi connectivity index (χ4n) is 3.85. The molecule has 1 aromatic carbocycles. The highest BCUT2D eigenvalue weighted by Crippen LogP contribution is 2.44. The maximum Gasteiger partial charge on any atom is 0.0820 e. The molecule has 0 aromatic heterocycles. The molecule has 1 aromatic rings. The first-order valence-electron chi connectivity index (χ1n) is 7.87. The van der Waals surface area contributed by atoms with Crippen molar-refractivity contribution in [3.05, 3.63) is 33.8 Å². The molecule has 1 spiro atoms. The Bertz CT molecular complexity index is 492. The SMILES string of the molecule is OC(c1ccc(Cl)c(Cl)c1)C1CCOC2(CCCCC2)C1. The molecule has 2 fully saturated rings. The first kappa shape index (κ1) is 15.6. The molecule has 4 heteroatoms. The molecule has 0 amide bonds. The second kappa shape index (κ2) is 6.45. The van der Waals surface area contributed by atoms with Crippen LogP contribution in [0.3, 0.4) is 0 Å². The molecule has 2 aliphatic rings. The molecule has 2 nitrogen and oxygen atoms in total. The predicted octanol–water partition coefficient (Wildman–Crippen LogP) is 5.16. The van der Waals surface area contributed by atoms with Gasteiger partial charge in [0.05, 0.1) is 21.8 Å². The van der Waals surface area contributed by atoms with Gasteiger partial charge in [-0.1, -0.05) is 48.5 Å². The molecular formula is C17H22Cl2O2. The molecule has 21 heavy (non-hydrogen) atoms. The number of hydrogen-bond acceptors (Lipinski definition) is 2. The molecule has 1 heterocycles. The monoisotopic (exact) mass is 328 g/mol. The van der Waals surface area contributed by atoms with E-state index in [4.69, 9.17) is 27.9 Å². The smallest absolute Gasteiger partial charge is 0.0820 e. The summed E-state index contributed by atoms with van der Waals surface area (Å²) in [7, 11) is 0. The summed E-state index contributed by atoms with van der Waals surface area (Å²) in [5.74, 6) is 0.245. The summed E-state index contributed by atoms with van der Waals surface area (Å²) in [4.78, 5) is 0. The van der Waals surface area contributed by atoms with Crippen molar-refractivity contribution in [3.63, 3.8) is 0 Å². The highest BCUT2D eigenvalue weighted by Gasteiger charge is 2.40. The zero-order valence-electron chi connectivity index (χ0n) is 12.2. The van der Waals surface area contributed by atoms with E-state index >= 15 is 0 Å². The van der Waals surface area contributed by atoms with Crippen LogP contribution in [-0.2, 0) is 4.74 Å². The van der Waals surface area contributed by atoms with Crippen LogP contribution in [-0.4, -0.2) is 17.3 Å². The average Bonchev–Trinajstić information content (AvgIpc) is 2.50. The highest BCUT2D eigenvalue weighted by molar-refractivity contribution is 6.42. The zero-order valence-corrected chi connectivity index (χ0v) is 13.7.